The Morgan fingerprint density at radius 2 is 1.91 bits per heavy atom. The van der Waals surface area contributed by atoms with Crippen LogP contribution in [0.5, 0.6) is 0 Å². The molecule has 1 amide bonds. The fraction of sp³-hybridized carbons (Fsp3) is 0.875. The summed E-state index contributed by atoms with van der Waals surface area (Å²) in [6.07, 6.45) is -0.264. The molecule has 11 heavy (non-hydrogen) atoms. The van der Waals surface area contributed by atoms with Gasteiger partial charge in [-0.05, 0) is 27.7 Å². The van der Waals surface area contributed by atoms with Crippen molar-refractivity contribution in [2.45, 2.75) is 33.3 Å². The Morgan fingerprint density at radius 1 is 1.45 bits per heavy atom. The molecule has 0 saturated heterocycles. The zero-order valence-corrected chi connectivity index (χ0v) is 7.97. The van der Waals surface area contributed by atoms with Crippen LogP contribution in [0.3, 0.4) is 0 Å². The molecule has 0 unspecified atom stereocenters. The van der Waals surface area contributed by atoms with Crippen molar-refractivity contribution in [3.05, 3.63) is 0 Å². The van der Waals surface area contributed by atoms with Gasteiger partial charge < -0.3 is 9.64 Å². The molecule has 0 rings (SSSR count). The number of ether oxygens (including phenoxy) is 1. The quantitative estimate of drug-likeness (QED) is 0.584. The number of hydrogen-bond donors (Lipinski definition) is 0. The third kappa shape index (κ3) is 4.65. The minimum Gasteiger partial charge on any atom is -0.444 e. The molecule has 0 heterocycles. The summed E-state index contributed by atoms with van der Waals surface area (Å²) >= 11 is 0. The molecule has 66 valence electrons. The van der Waals surface area contributed by atoms with E-state index in [1.165, 1.54) is 4.90 Å². The summed E-state index contributed by atoms with van der Waals surface area (Å²) in [7, 11) is 1.72. The van der Waals surface area contributed by atoms with Gasteiger partial charge in [-0.3, -0.25) is 0 Å². The van der Waals surface area contributed by atoms with Gasteiger partial charge in [-0.1, -0.05) is 0 Å². The first-order valence-corrected chi connectivity index (χ1v) is 3.81. The van der Waals surface area contributed by atoms with E-state index in [0.717, 1.165) is 0 Å². The zero-order valence-electron chi connectivity index (χ0n) is 7.97. The van der Waals surface area contributed by atoms with Crippen LogP contribution >= 0.6 is 0 Å². The molecule has 3 heteroatoms. The van der Waals surface area contributed by atoms with Crippen LogP contribution in [-0.2, 0) is 4.74 Å². The molecule has 0 saturated carbocycles. The lowest BCUT2D eigenvalue weighted by Gasteiger charge is -2.23. The Labute approximate surface area is 68.3 Å². The van der Waals surface area contributed by atoms with E-state index in [9.17, 15) is 4.79 Å². The van der Waals surface area contributed by atoms with E-state index in [4.69, 9.17) is 4.74 Å². The van der Waals surface area contributed by atoms with Gasteiger partial charge in [0.15, 0.2) is 0 Å². The van der Waals surface area contributed by atoms with Crippen LogP contribution < -0.4 is 0 Å². The maximum atomic E-state index is 11.1. The average molecular weight is 159 g/mol. The standard InChI is InChI=1S/C8H17NO2/c1-6-9(5)7(10)11-8(2,3)4/h6H2,1-5H3. The number of carbonyl (C=O) groups is 1. The molecule has 0 fully saturated rings. The van der Waals surface area contributed by atoms with Crippen molar-refractivity contribution in [1.29, 1.82) is 0 Å². The minimum absolute atomic E-state index is 0.264. The molecule has 0 aromatic rings. The smallest absolute Gasteiger partial charge is 0.410 e. The second kappa shape index (κ2) is 3.60. The Hall–Kier alpha value is -0.730. The second-order valence-electron chi connectivity index (χ2n) is 3.49. The topological polar surface area (TPSA) is 29.5 Å². The van der Waals surface area contributed by atoms with E-state index < -0.39 is 0 Å². The first-order valence-electron chi connectivity index (χ1n) is 3.81. The van der Waals surface area contributed by atoms with Gasteiger partial charge in [-0.25, -0.2) is 4.79 Å². The summed E-state index contributed by atoms with van der Waals surface area (Å²) in [5.74, 6) is 0. The second-order valence-corrected chi connectivity index (χ2v) is 3.49. The third-order valence-electron chi connectivity index (χ3n) is 1.18. The van der Waals surface area contributed by atoms with Gasteiger partial charge in [0, 0.05) is 13.6 Å². The van der Waals surface area contributed by atoms with E-state index in [0.29, 0.717) is 6.54 Å². The van der Waals surface area contributed by atoms with Crippen LogP contribution in [0.25, 0.3) is 0 Å². The van der Waals surface area contributed by atoms with Crippen molar-refractivity contribution in [3.8, 4) is 0 Å². The number of rotatable bonds is 1. The Balaban J connectivity index is 3.88. The lowest BCUT2D eigenvalue weighted by atomic mass is 10.2. The highest BCUT2D eigenvalue weighted by molar-refractivity contribution is 5.67. The first kappa shape index (κ1) is 10.3. The monoisotopic (exact) mass is 159 g/mol. The minimum atomic E-state index is -0.388. The molecule has 0 aromatic heterocycles. The van der Waals surface area contributed by atoms with Crippen molar-refractivity contribution >= 4 is 6.09 Å². The molecule has 0 aliphatic rings. The molecule has 0 radical (unpaired) electrons. The van der Waals surface area contributed by atoms with Gasteiger partial charge in [0.2, 0.25) is 0 Å². The maximum absolute atomic E-state index is 11.1. The summed E-state index contributed by atoms with van der Waals surface area (Å²) in [4.78, 5) is 12.6. The number of hydrogen-bond acceptors (Lipinski definition) is 2. The lowest BCUT2D eigenvalue weighted by molar-refractivity contribution is 0.0308. The van der Waals surface area contributed by atoms with Crippen LogP contribution in [-0.4, -0.2) is 30.2 Å². The molecule has 3 nitrogen and oxygen atoms in total. The predicted octanol–water partition coefficient (Wildman–Crippen LogP) is 1.87. The van der Waals surface area contributed by atoms with Gasteiger partial charge in [0.05, 0.1) is 0 Å². The van der Waals surface area contributed by atoms with Gasteiger partial charge in [-0.15, -0.1) is 0 Å². The zero-order chi connectivity index (χ0) is 9.07. The normalized spacial score (nSPS) is 11.0. The van der Waals surface area contributed by atoms with Crippen LogP contribution in [0.15, 0.2) is 0 Å². The molecular formula is C8H17NO2. The molecular weight excluding hydrogens is 142 g/mol. The van der Waals surface area contributed by atoms with Crippen molar-refractivity contribution in [1.82, 2.24) is 4.90 Å². The highest BCUT2D eigenvalue weighted by Crippen LogP contribution is 2.08. The fourth-order valence-corrected chi connectivity index (χ4v) is 0.469. The molecule has 0 aliphatic carbocycles. The lowest BCUT2D eigenvalue weighted by Crippen LogP contribution is -2.33. The van der Waals surface area contributed by atoms with Crippen LogP contribution in [0, 0.1) is 0 Å². The van der Waals surface area contributed by atoms with Gasteiger partial charge >= 0.3 is 6.09 Å². The van der Waals surface area contributed by atoms with Crippen molar-refractivity contribution in [3.63, 3.8) is 0 Å². The highest BCUT2D eigenvalue weighted by atomic mass is 16.6. The molecule has 0 N–H and O–H groups in total. The summed E-state index contributed by atoms with van der Waals surface area (Å²) in [6.45, 7) is 8.15. The Bertz CT molecular complexity index is 138. The summed E-state index contributed by atoms with van der Waals surface area (Å²) in [5, 5.41) is 0. The molecule has 0 spiro atoms. The first-order chi connectivity index (χ1) is 4.87. The number of nitrogens with zero attached hydrogens (tertiary/aromatic N) is 1. The summed E-state index contributed by atoms with van der Waals surface area (Å²) < 4.78 is 5.08. The molecule has 0 aromatic carbocycles. The van der Waals surface area contributed by atoms with E-state index in [1.54, 1.807) is 7.05 Å². The molecule has 0 atom stereocenters. The van der Waals surface area contributed by atoms with Crippen LogP contribution in [0.1, 0.15) is 27.7 Å². The number of carbonyl (C=O) groups excluding carboxylic acids is 1. The molecule has 0 aliphatic heterocycles. The predicted molar refractivity (Wildman–Crippen MR) is 44.5 cm³/mol. The van der Waals surface area contributed by atoms with E-state index in [1.807, 2.05) is 27.7 Å². The van der Waals surface area contributed by atoms with Gasteiger partial charge in [-0.2, -0.15) is 0 Å². The summed E-state index contributed by atoms with van der Waals surface area (Å²) in [6, 6.07) is 0. The SMILES string of the molecule is CCN(C)C(=O)OC(C)(C)C. The summed E-state index contributed by atoms with van der Waals surface area (Å²) in [5.41, 5.74) is -0.388. The van der Waals surface area contributed by atoms with Crippen molar-refractivity contribution < 1.29 is 9.53 Å². The van der Waals surface area contributed by atoms with Gasteiger partial charge in [0.1, 0.15) is 5.60 Å². The van der Waals surface area contributed by atoms with E-state index >= 15 is 0 Å². The van der Waals surface area contributed by atoms with Crippen molar-refractivity contribution in [2.75, 3.05) is 13.6 Å². The van der Waals surface area contributed by atoms with E-state index in [2.05, 4.69) is 0 Å². The Kier molecular flexibility index (Phi) is 3.36. The third-order valence-corrected chi connectivity index (χ3v) is 1.18. The maximum Gasteiger partial charge on any atom is 0.410 e. The number of amides is 1. The van der Waals surface area contributed by atoms with Crippen LogP contribution in [0.2, 0.25) is 0 Å². The Morgan fingerprint density at radius 3 is 2.18 bits per heavy atom. The van der Waals surface area contributed by atoms with E-state index in [-0.39, 0.29) is 11.7 Å². The molecule has 0 bridgehead atoms. The highest BCUT2D eigenvalue weighted by Gasteiger charge is 2.17. The largest absolute Gasteiger partial charge is 0.444 e. The van der Waals surface area contributed by atoms with Crippen LogP contribution in [0.4, 0.5) is 4.79 Å². The van der Waals surface area contributed by atoms with Crippen molar-refractivity contribution in [2.24, 2.45) is 0 Å². The average Bonchev–Trinajstić information content (AvgIpc) is 1.82. The van der Waals surface area contributed by atoms with Gasteiger partial charge in [0.25, 0.3) is 0 Å². The fourth-order valence-electron chi connectivity index (χ4n) is 0.469.